The fraction of sp³-hybridized carbons (Fsp3) is 0.333. The summed E-state index contributed by atoms with van der Waals surface area (Å²) in [7, 11) is 1.36. The Bertz CT molecular complexity index is 673. The molecule has 0 bridgehead atoms. The summed E-state index contributed by atoms with van der Waals surface area (Å²) in [6, 6.07) is 6.77. The largest absolute Gasteiger partial charge is 0.467 e. The SMILES string of the molecule is CCc1ccc2c(c1)c(=O)ccn2[C@H](C)C(=O)OC. The van der Waals surface area contributed by atoms with E-state index in [0.717, 1.165) is 17.5 Å². The predicted molar refractivity (Wildman–Crippen MR) is 74.3 cm³/mol. The van der Waals surface area contributed by atoms with E-state index in [1.165, 1.54) is 13.2 Å². The van der Waals surface area contributed by atoms with Crippen molar-refractivity contribution in [3.63, 3.8) is 0 Å². The summed E-state index contributed by atoms with van der Waals surface area (Å²) in [5.41, 5.74) is 1.83. The van der Waals surface area contributed by atoms with Crippen LogP contribution in [0.1, 0.15) is 25.5 Å². The molecule has 0 unspecified atom stereocenters. The molecule has 1 atom stereocenters. The van der Waals surface area contributed by atoms with Crippen LogP contribution in [0.3, 0.4) is 0 Å². The van der Waals surface area contributed by atoms with Crippen molar-refractivity contribution in [3.05, 3.63) is 46.2 Å². The summed E-state index contributed by atoms with van der Waals surface area (Å²) in [6.45, 7) is 3.79. The second-order valence-corrected chi connectivity index (χ2v) is 4.49. The topological polar surface area (TPSA) is 48.3 Å². The lowest BCUT2D eigenvalue weighted by Crippen LogP contribution is -2.20. The molecular formula is C15H17NO3. The van der Waals surface area contributed by atoms with Crippen molar-refractivity contribution in [1.29, 1.82) is 0 Å². The number of carbonyl (C=O) groups is 1. The second kappa shape index (κ2) is 5.26. The molecule has 0 saturated carbocycles. The zero-order chi connectivity index (χ0) is 14.0. The van der Waals surface area contributed by atoms with Gasteiger partial charge in [-0.15, -0.1) is 0 Å². The van der Waals surface area contributed by atoms with Crippen LogP contribution >= 0.6 is 0 Å². The van der Waals surface area contributed by atoms with E-state index in [9.17, 15) is 9.59 Å². The van der Waals surface area contributed by atoms with Gasteiger partial charge in [-0.1, -0.05) is 13.0 Å². The van der Waals surface area contributed by atoms with E-state index in [1.54, 1.807) is 17.7 Å². The normalized spacial score (nSPS) is 12.4. The van der Waals surface area contributed by atoms with Gasteiger partial charge >= 0.3 is 5.97 Å². The van der Waals surface area contributed by atoms with E-state index in [1.807, 2.05) is 25.1 Å². The van der Waals surface area contributed by atoms with Crippen LogP contribution in [-0.2, 0) is 16.0 Å². The number of fused-ring (bicyclic) bond motifs is 1. The van der Waals surface area contributed by atoms with E-state index < -0.39 is 6.04 Å². The van der Waals surface area contributed by atoms with Gasteiger partial charge < -0.3 is 9.30 Å². The molecule has 0 amide bonds. The molecule has 0 aliphatic heterocycles. The standard InChI is InChI=1S/C15H17NO3/c1-4-11-5-6-13-12(9-11)14(17)7-8-16(13)10(2)15(18)19-3/h5-10H,4H2,1-3H3/t10-/m1/s1. The van der Waals surface area contributed by atoms with Crippen molar-refractivity contribution in [1.82, 2.24) is 4.57 Å². The molecule has 1 aromatic carbocycles. The van der Waals surface area contributed by atoms with Crippen molar-refractivity contribution in [3.8, 4) is 0 Å². The van der Waals surface area contributed by atoms with Crippen LogP contribution in [0.25, 0.3) is 10.9 Å². The van der Waals surface area contributed by atoms with E-state index >= 15 is 0 Å². The maximum absolute atomic E-state index is 11.9. The van der Waals surface area contributed by atoms with Crippen LogP contribution in [-0.4, -0.2) is 17.6 Å². The smallest absolute Gasteiger partial charge is 0.328 e. The van der Waals surface area contributed by atoms with Crippen LogP contribution in [0, 0.1) is 0 Å². The van der Waals surface area contributed by atoms with Gasteiger partial charge in [-0.3, -0.25) is 4.79 Å². The molecule has 19 heavy (non-hydrogen) atoms. The number of carbonyl (C=O) groups excluding carboxylic acids is 1. The maximum atomic E-state index is 11.9. The zero-order valence-corrected chi connectivity index (χ0v) is 11.3. The number of aryl methyl sites for hydroxylation is 1. The second-order valence-electron chi connectivity index (χ2n) is 4.49. The zero-order valence-electron chi connectivity index (χ0n) is 11.3. The minimum atomic E-state index is -0.458. The minimum absolute atomic E-state index is 0.0291. The van der Waals surface area contributed by atoms with E-state index in [0.29, 0.717) is 5.39 Å². The molecule has 2 rings (SSSR count). The highest BCUT2D eigenvalue weighted by atomic mass is 16.5. The lowest BCUT2D eigenvalue weighted by atomic mass is 10.1. The number of benzene rings is 1. The summed E-state index contributed by atoms with van der Waals surface area (Å²) >= 11 is 0. The first kappa shape index (κ1) is 13.3. The Labute approximate surface area is 111 Å². The van der Waals surface area contributed by atoms with E-state index in [2.05, 4.69) is 0 Å². The first-order valence-corrected chi connectivity index (χ1v) is 6.30. The third-order valence-corrected chi connectivity index (χ3v) is 3.36. The fourth-order valence-electron chi connectivity index (χ4n) is 2.17. The summed E-state index contributed by atoms with van der Waals surface area (Å²) < 4.78 is 6.52. The van der Waals surface area contributed by atoms with Crippen LogP contribution in [0.15, 0.2) is 35.3 Å². The van der Waals surface area contributed by atoms with Crippen molar-refractivity contribution in [2.24, 2.45) is 0 Å². The molecule has 0 aliphatic rings. The number of nitrogens with zero attached hydrogens (tertiary/aromatic N) is 1. The van der Waals surface area contributed by atoms with Gasteiger partial charge in [0.1, 0.15) is 6.04 Å². The van der Waals surface area contributed by atoms with Crippen molar-refractivity contribution in [2.75, 3.05) is 7.11 Å². The van der Waals surface area contributed by atoms with Crippen LogP contribution in [0.4, 0.5) is 0 Å². The number of hydrogen-bond acceptors (Lipinski definition) is 3. The van der Waals surface area contributed by atoms with E-state index in [-0.39, 0.29) is 11.4 Å². The molecule has 4 heteroatoms. The number of esters is 1. The number of ether oxygens (including phenoxy) is 1. The molecule has 1 heterocycles. The number of aromatic nitrogens is 1. The fourth-order valence-corrected chi connectivity index (χ4v) is 2.17. The average molecular weight is 259 g/mol. The van der Waals surface area contributed by atoms with Crippen LogP contribution in [0.2, 0.25) is 0 Å². The number of rotatable bonds is 3. The maximum Gasteiger partial charge on any atom is 0.328 e. The van der Waals surface area contributed by atoms with Gasteiger partial charge in [0.15, 0.2) is 5.43 Å². The predicted octanol–water partition coefficient (Wildman–Crippen LogP) is 2.30. The lowest BCUT2D eigenvalue weighted by molar-refractivity contribution is -0.143. The average Bonchev–Trinajstić information content (AvgIpc) is 2.46. The quantitative estimate of drug-likeness (QED) is 0.795. The molecule has 1 aromatic heterocycles. The van der Waals surface area contributed by atoms with Crippen LogP contribution < -0.4 is 5.43 Å². The summed E-state index contributed by atoms with van der Waals surface area (Å²) in [5.74, 6) is -0.329. The summed E-state index contributed by atoms with van der Waals surface area (Å²) in [5, 5.41) is 0.637. The minimum Gasteiger partial charge on any atom is -0.467 e. The van der Waals surface area contributed by atoms with Gasteiger partial charge in [0.2, 0.25) is 0 Å². The molecule has 100 valence electrons. The van der Waals surface area contributed by atoms with E-state index in [4.69, 9.17) is 4.74 Å². The number of pyridine rings is 1. The Balaban J connectivity index is 2.67. The third kappa shape index (κ3) is 2.38. The van der Waals surface area contributed by atoms with Gasteiger partial charge in [-0.25, -0.2) is 4.79 Å². The molecule has 0 radical (unpaired) electrons. The summed E-state index contributed by atoms with van der Waals surface area (Å²) in [6.07, 6.45) is 2.51. The Morgan fingerprint density at radius 1 is 1.37 bits per heavy atom. The van der Waals surface area contributed by atoms with Gasteiger partial charge in [0.05, 0.1) is 12.6 Å². The Hall–Kier alpha value is -2.10. The number of hydrogen-bond donors (Lipinski definition) is 0. The highest BCUT2D eigenvalue weighted by molar-refractivity contribution is 5.82. The Morgan fingerprint density at radius 2 is 2.11 bits per heavy atom. The van der Waals surface area contributed by atoms with Crippen molar-refractivity contribution >= 4 is 16.9 Å². The molecular weight excluding hydrogens is 242 g/mol. The molecule has 0 aliphatic carbocycles. The molecule has 2 aromatic rings. The molecule has 0 fully saturated rings. The Morgan fingerprint density at radius 3 is 2.74 bits per heavy atom. The van der Waals surface area contributed by atoms with Gasteiger partial charge in [0, 0.05) is 17.6 Å². The first-order valence-electron chi connectivity index (χ1n) is 6.30. The Kier molecular flexibility index (Phi) is 3.69. The highest BCUT2D eigenvalue weighted by Crippen LogP contribution is 2.18. The highest BCUT2D eigenvalue weighted by Gasteiger charge is 2.16. The monoisotopic (exact) mass is 259 g/mol. The molecule has 0 spiro atoms. The molecule has 0 saturated heterocycles. The first-order chi connectivity index (χ1) is 9.08. The van der Waals surface area contributed by atoms with Gasteiger partial charge in [0.25, 0.3) is 0 Å². The van der Waals surface area contributed by atoms with Gasteiger partial charge in [-0.05, 0) is 31.0 Å². The van der Waals surface area contributed by atoms with Gasteiger partial charge in [-0.2, -0.15) is 0 Å². The van der Waals surface area contributed by atoms with Crippen molar-refractivity contribution < 1.29 is 9.53 Å². The van der Waals surface area contributed by atoms with Crippen molar-refractivity contribution in [2.45, 2.75) is 26.3 Å². The summed E-state index contributed by atoms with van der Waals surface area (Å²) in [4.78, 5) is 23.6. The van der Waals surface area contributed by atoms with Crippen LogP contribution in [0.5, 0.6) is 0 Å². The molecule has 0 N–H and O–H groups in total. The number of methoxy groups -OCH3 is 1. The molecule has 4 nitrogen and oxygen atoms in total. The lowest BCUT2D eigenvalue weighted by Gasteiger charge is -2.16. The third-order valence-electron chi connectivity index (χ3n) is 3.36.